The molecule has 0 spiro atoms. The van der Waals surface area contributed by atoms with E-state index in [0.717, 1.165) is 11.1 Å². The summed E-state index contributed by atoms with van der Waals surface area (Å²) in [5.74, 6) is -0.461. The minimum absolute atomic E-state index is 0.0101. The topological polar surface area (TPSA) is 49.3 Å². The molecular weight excluding hydrogens is 277 g/mol. The lowest BCUT2D eigenvalue weighted by Crippen LogP contribution is -2.32. The van der Waals surface area contributed by atoms with Crippen LogP contribution in [-0.2, 0) is 0 Å². The molecule has 20 heavy (non-hydrogen) atoms. The van der Waals surface area contributed by atoms with Gasteiger partial charge in [0, 0.05) is 22.7 Å². The molecule has 2 aromatic rings. The van der Waals surface area contributed by atoms with E-state index < -0.39 is 0 Å². The molecule has 0 aliphatic heterocycles. The molecule has 0 fully saturated rings. The zero-order valence-corrected chi connectivity index (χ0v) is 12.4. The summed E-state index contributed by atoms with van der Waals surface area (Å²) in [5.41, 5.74) is 0.690. The van der Waals surface area contributed by atoms with Crippen LogP contribution in [0.25, 0.3) is 10.1 Å². The van der Waals surface area contributed by atoms with E-state index in [9.17, 15) is 9.18 Å². The number of aliphatic hydroxyl groups is 1. The first-order valence-corrected chi connectivity index (χ1v) is 7.45. The van der Waals surface area contributed by atoms with Gasteiger partial charge in [-0.2, -0.15) is 0 Å². The summed E-state index contributed by atoms with van der Waals surface area (Å²) in [4.78, 5) is 12.8. The van der Waals surface area contributed by atoms with Crippen LogP contribution in [0.5, 0.6) is 0 Å². The van der Waals surface area contributed by atoms with Gasteiger partial charge in [-0.3, -0.25) is 4.79 Å². The number of carbonyl (C=O) groups is 1. The lowest BCUT2D eigenvalue weighted by molar-refractivity contribution is 0.0940. The Morgan fingerprint density at radius 3 is 2.90 bits per heavy atom. The van der Waals surface area contributed by atoms with Crippen LogP contribution >= 0.6 is 11.3 Å². The van der Waals surface area contributed by atoms with Crippen molar-refractivity contribution in [2.24, 2.45) is 0 Å². The molecule has 0 saturated carbocycles. The van der Waals surface area contributed by atoms with Crippen molar-refractivity contribution in [2.75, 3.05) is 6.61 Å². The molecule has 0 aliphatic carbocycles. The predicted octanol–water partition coefficient (Wildman–Crippen LogP) is 3.24. The second-order valence-electron chi connectivity index (χ2n) is 4.91. The van der Waals surface area contributed by atoms with E-state index in [2.05, 4.69) is 5.32 Å². The number of carbonyl (C=O) groups excluding carboxylic acids is 1. The van der Waals surface area contributed by atoms with E-state index in [1.165, 1.54) is 17.4 Å². The molecule has 0 aliphatic rings. The van der Waals surface area contributed by atoms with Crippen molar-refractivity contribution in [1.82, 2.24) is 5.32 Å². The Hall–Kier alpha value is -1.46. The summed E-state index contributed by atoms with van der Waals surface area (Å²) in [7, 11) is 0. The maximum Gasteiger partial charge on any atom is 0.261 e. The Balaban J connectivity index is 2.22. The average Bonchev–Trinajstić information content (AvgIpc) is 2.75. The highest BCUT2D eigenvalue weighted by atomic mass is 32.1. The van der Waals surface area contributed by atoms with Crippen LogP contribution in [0.4, 0.5) is 4.39 Å². The van der Waals surface area contributed by atoms with Crippen LogP contribution in [0.2, 0.25) is 0 Å². The average molecular weight is 295 g/mol. The number of rotatable bonds is 5. The Bertz CT molecular complexity index is 624. The van der Waals surface area contributed by atoms with Crippen LogP contribution in [0.15, 0.2) is 18.2 Å². The number of benzene rings is 1. The van der Waals surface area contributed by atoms with Crippen molar-refractivity contribution in [2.45, 2.75) is 32.7 Å². The molecule has 1 heterocycles. The number of thiophene rings is 1. The van der Waals surface area contributed by atoms with Gasteiger partial charge in [0.1, 0.15) is 5.82 Å². The largest absolute Gasteiger partial charge is 0.396 e. The number of fused-ring (bicyclic) bond motifs is 1. The normalized spacial score (nSPS) is 12.6. The highest BCUT2D eigenvalue weighted by Crippen LogP contribution is 2.32. The minimum Gasteiger partial charge on any atom is -0.396 e. The van der Waals surface area contributed by atoms with Crippen molar-refractivity contribution in [3.63, 3.8) is 0 Å². The molecule has 1 atom stereocenters. The summed E-state index contributed by atoms with van der Waals surface area (Å²) in [6.45, 7) is 3.79. The molecule has 0 bridgehead atoms. The van der Waals surface area contributed by atoms with Crippen molar-refractivity contribution in [3.05, 3.63) is 34.5 Å². The molecular formula is C15H18FNO2S. The molecule has 0 radical (unpaired) electrons. The third kappa shape index (κ3) is 2.99. The number of hydrogen-bond acceptors (Lipinski definition) is 3. The van der Waals surface area contributed by atoms with Gasteiger partial charge in [-0.15, -0.1) is 11.3 Å². The van der Waals surface area contributed by atoms with E-state index in [4.69, 9.17) is 5.11 Å². The van der Waals surface area contributed by atoms with Crippen LogP contribution in [-0.4, -0.2) is 23.7 Å². The van der Waals surface area contributed by atoms with Crippen LogP contribution < -0.4 is 5.32 Å². The third-order valence-electron chi connectivity index (χ3n) is 3.28. The molecule has 1 aromatic carbocycles. The fraction of sp³-hybridized carbons (Fsp3) is 0.400. The van der Waals surface area contributed by atoms with Crippen LogP contribution in [0.3, 0.4) is 0 Å². The Kier molecular flexibility index (Phi) is 4.73. The summed E-state index contributed by atoms with van der Waals surface area (Å²) in [6.07, 6.45) is 1.38. The molecule has 2 rings (SSSR count). The lowest BCUT2D eigenvalue weighted by atomic mass is 10.1. The molecule has 5 heteroatoms. The fourth-order valence-corrected chi connectivity index (χ4v) is 3.35. The second kappa shape index (κ2) is 6.33. The third-order valence-corrected chi connectivity index (χ3v) is 4.54. The molecule has 1 aromatic heterocycles. The van der Waals surface area contributed by atoms with Gasteiger partial charge in [-0.1, -0.05) is 6.07 Å². The first kappa shape index (κ1) is 14.9. The van der Waals surface area contributed by atoms with Crippen molar-refractivity contribution in [1.29, 1.82) is 0 Å². The van der Waals surface area contributed by atoms with Gasteiger partial charge >= 0.3 is 0 Å². The van der Waals surface area contributed by atoms with E-state index in [-0.39, 0.29) is 24.4 Å². The zero-order valence-electron chi connectivity index (χ0n) is 11.6. The van der Waals surface area contributed by atoms with Gasteiger partial charge in [0.25, 0.3) is 5.91 Å². The standard InChI is InChI=1S/C15H18FNO2S/c1-9(5-4-8-18)17-15(19)14-10(2)13-11(16)6-3-7-12(13)20-14/h3,6-7,9,18H,4-5,8H2,1-2H3,(H,17,19). The highest BCUT2D eigenvalue weighted by molar-refractivity contribution is 7.21. The van der Waals surface area contributed by atoms with Gasteiger partial charge in [0.15, 0.2) is 0 Å². The molecule has 1 unspecified atom stereocenters. The lowest BCUT2D eigenvalue weighted by Gasteiger charge is -2.12. The predicted molar refractivity (Wildman–Crippen MR) is 79.8 cm³/mol. The molecule has 3 nitrogen and oxygen atoms in total. The maximum absolute atomic E-state index is 13.8. The quantitative estimate of drug-likeness (QED) is 0.889. The molecule has 2 N–H and O–H groups in total. The monoisotopic (exact) mass is 295 g/mol. The number of amides is 1. The fourth-order valence-electron chi connectivity index (χ4n) is 2.23. The maximum atomic E-state index is 13.8. The van der Waals surface area contributed by atoms with Gasteiger partial charge in [0.2, 0.25) is 0 Å². The number of aliphatic hydroxyl groups excluding tert-OH is 1. The Morgan fingerprint density at radius 1 is 1.50 bits per heavy atom. The van der Waals surface area contributed by atoms with Crippen molar-refractivity contribution >= 4 is 27.3 Å². The first-order valence-electron chi connectivity index (χ1n) is 6.64. The summed E-state index contributed by atoms with van der Waals surface area (Å²) in [5, 5.41) is 12.2. The Labute approximate surface area is 121 Å². The van der Waals surface area contributed by atoms with Crippen LogP contribution in [0.1, 0.15) is 35.0 Å². The van der Waals surface area contributed by atoms with Crippen LogP contribution in [0, 0.1) is 12.7 Å². The summed E-state index contributed by atoms with van der Waals surface area (Å²) < 4.78 is 14.6. The number of nitrogens with one attached hydrogen (secondary N) is 1. The molecule has 1 amide bonds. The number of hydrogen-bond donors (Lipinski definition) is 2. The van der Waals surface area contributed by atoms with Crippen molar-refractivity contribution < 1.29 is 14.3 Å². The SMILES string of the molecule is Cc1c(C(=O)NC(C)CCCO)sc2cccc(F)c12. The Morgan fingerprint density at radius 2 is 2.25 bits per heavy atom. The van der Waals surface area contributed by atoms with Gasteiger partial charge in [0.05, 0.1) is 4.88 Å². The van der Waals surface area contributed by atoms with E-state index in [1.54, 1.807) is 13.0 Å². The highest BCUT2D eigenvalue weighted by Gasteiger charge is 2.18. The zero-order chi connectivity index (χ0) is 14.7. The van der Waals surface area contributed by atoms with E-state index in [1.807, 2.05) is 13.0 Å². The van der Waals surface area contributed by atoms with E-state index in [0.29, 0.717) is 22.2 Å². The van der Waals surface area contributed by atoms with Gasteiger partial charge in [-0.25, -0.2) is 4.39 Å². The molecule has 108 valence electrons. The van der Waals surface area contributed by atoms with Gasteiger partial charge in [-0.05, 0) is 44.4 Å². The minimum atomic E-state index is -0.288. The van der Waals surface area contributed by atoms with E-state index >= 15 is 0 Å². The molecule has 0 saturated heterocycles. The number of aryl methyl sites for hydroxylation is 1. The second-order valence-corrected chi connectivity index (χ2v) is 5.96. The summed E-state index contributed by atoms with van der Waals surface area (Å²) in [6, 6.07) is 4.87. The first-order chi connectivity index (χ1) is 9.54. The van der Waals surface area contributed by atoms with Gasteiger partial charge < -0.3 is 10.4 Å². The smallest absolute Gasteiger partial charge is 0.261 e. The van der Waals surface area contributed by atoms with Crippen molar-refractivity contribution in [3.8, 4) is 0 Å². The summed E-state index contributed by atoms with van der Waals surface area (Å²) >= 11 is 1.31. The number of halogens is 1.